The largest absolute Gasteiger partial charge is 0.330 e. The summed E-state index contributed by atoms with van der Waals surface area (Å²) in [5.41, 5.74) is 8.00. The van der Waals surface area contributed by atoms with E-state index in [0.717, 1.165) is 24.5 Å². The molecule has 1 aromatic heterocycles. The van der Waals surface area contributed by atoms with Crippen LogP contribution in [0.2, 0.25) is 0 Å². The van der Waals surface area contributed by atoms with Crippen LogP contribution in [0.5, 0.6) is 0 Å². The molecule has 4 heteroatoms. The molecule has 0 spiro atoms. The van der Waals surface area contributed by atoms with E-state index in [1.807, 2.05) is 0 Å². The van der Waals surface area contributed by atoms with Gasteiger partial charge in [-0.3, -0.25) is 0 Å². The normalized spacial score (nSPS) is 22.4. The summed E-state index contributed by atoms with van der Waals surface area (Å²) in [6.07, 6.45) is 3.39. The first-order valence-electron chi connectivity index (χ1n) is 7.31. The van der Waals surface area contributed by atoms with Gasteiger partial charge in [-0.2, -0.15) is 0 Å². The molecule has 2 atom stereocenters. The Bertz CT molecular complexity index is 419. The maximum Gasteiger partial charge on any atom is 0.129 e. The van der Waals surface area contributed by atoms with Crippen LogP contribution in [0, 0.1) is 12.8 Å². The highest BCUT2D eigenvalue weighted by Crippen LogP contribution is 2.25. The lowest BCUT2D eigenvalue weighted by Gasteiger charge is -2.29. The molecule has 0 bridgehead atoms. The first-order chi connectivity index (χ1) is 9.08. The van der Waals surface area contributed by atoms with Gasteiger partial charge in [0.25, 0.3) is 0 Å². The van der Waals surface area contributed by atoms with Crippen LogP contribution in [0.15, 0.2) is 6.07 Å². The molecule has 2 heterocycles. The number of hydrogen-bond donors (Lipinski definition) is 1. The minimum atomic E-state index is 0.448. The number of piperidine rings is 1. The van der Waals surface area contributed by atoms with E-state index >= 15 is 0 Å². The maximum atomic E-state index is 5.69. The maximum absolute atomic E-state index is 5.69. The van der Waals surface area contributed by atoms with Crippen molar-refractivity contribution in [3.8, 4) is 0 Å². The van der Waals surface area contributed by atoms with Gasteiger partial charge in [-0.15, -0.1) is 0 Å². The van der Waals surface area contributed by atoms with Gasteiger partial charge in [0, 0.05) is 30.3 Å². The van der Waals surface area contributed by atoms with Crippen LogP contribution in [-0.2, 0) is 6.42 Å². The zero-order valence-corrected chi connectivity index (χ0v) is 12.4. The van der Waals surface area contributed by atoms with Crippen molar-refractivity contribution in [1.29, 1.82) is 0 Å². The van der Waals surface area contributed by atoms with Crippen molar-refractivity contribution >= 4 is 0 Å². The van der Waals surface area contributed by atoms with Crippen molar-refractivity contribution in [3.05, 3.63) is 23.3 Å². The number of aryl methyl sites for hydroxylation is 1. The van der Waals surface area contributed by atoms with Crippen LogP contribution < -0.4 is 5.73 Å². The monoisotopic (exact) mass is 262 g/mol. The number of aromatic nitrogens is 2. The van der Waals surface area contributed by atoms with E-state index in [4.69, 9.17) is 10.7 Å². The lowest BCUT2D eigenvalue weighted by Crippen LogP contribution is -2.31. The Morgan fingerprint density at radius 3 is 2.95 bits per heavy atom. The van der Waals surface area contributed by atoms with Gasteiger partial charge < -0.3 is 10.6 Å². The lowest BCUT2D eigenvalue weighted by atomic mass is 9.94. The van der Waals surface area contributed by atoms with Crippen molar-refractivity contribution in [3.63, 3.8) is 0 Å². The summed E-state index contributed by atoms with van der Waals surface area (Å²) >= 11 is 0. The van der Waals surface area contributed by atoms with Crippen LogP contribution in [0.3, 0.4) is 0 Å². The quantitative estimate of drug-likeness (QED) is 0.898. The van der Waals surface area contributed by atoms with Gasteiger partial charge in [0.1, 0.15) is 5.82 Å². The zero-order chi connectivity index (χ0) is 13.8. The summed E-state index contributed by atoms with van der Waals surface area (Å²) in [6, 6.07) is 2.15. The fourth-order valence-corrected chi connectivity index (χ4v) is 2.76. The predicted octanol–water partition coefficient (Wildman–Crippen LogP) is 1.73. The summed E-state index contributed by atoms with van der Waals surface area (Å²) in [5, 5.41) is 0. The van der Waals surface area contributed by atoms with E-state index in [-0.39, 0.29) is 0 Å². The third kappa shape index (κ3) is 3.98. The van der Waals surface area contributed by atoms with E-state index in [1.165, 1.54) is 25.1 Å². The molecular weight excluding hydrogens is 236 g/mol. The molecule has 0 radical (unpaired) electrons. The Balaban J connectivity index is 2.16. The van der Waals surface area contributed by atoms with Crippen LogP contribution in [-0.4, -0.2) is 41.5 Å². The van der Waals surface area contributed by atoms with Crippen LogP contribution in [0.25, 0.3) is 0 Å². The van der Waals surface area contributed by atoms with Crippen molar-refractivity contribution in [2.75, 3.05) is 26.7 Å². The lowest BCUT2D eigenvalue weighted by molar-refractivity contribution is 0.248. The molecule has 2 N–H and O–H groups in total. The zero-order valence-electron chi connectivity index (χ0n) is 12.4. The molecule has 19 heavy (non-hydrogen) atoms. The molecule has 2 rings (SSSR count). The first-order valence-corrected chi connectivity index (χ1v) is 7.31. The van der Waals surface area contributed by atoms with Gasteiger partial charge in [-0.25, -0.2) is 9.97 Å². The van der Waals surface area contributed by atoms with Crippen molar-refractivity contribution in [2.45, 2.75) is 39.0 Å². The highest BCUT2D eigenvalue weighted by atomic mass is 15.1. The number of likely N-dealkylation sites (tertiary alicyclic amines) is 1. The van der Waals surface area contributed by atoms with Gasteiger partial charge in [-0.1, -0.05) is 6.92 Å². The SMILES string of the molecule is Cc1cc(C2CCCN(C)C2)nc(CC(C)CN)n1. The van der Waals surface area contributed by atoms with E-state index < -0.39 is 0 Å². The summed E-state index contributed by atoms with van der Waals surface area (Å²) in [7, 11) is 2.19. The van der Waals surface area contributed by atoms with Crippen LogP contribution in [0.1, 0.15) is 42.9 Å². The summed E-state index contributed by atoms with van der Waals surface area (Å²) in [6.45, 7) is 7.23. The summed E-state index contributed by atoms with van der Waals surface area (Å²) in [4.78, 5) is 11.7. The third-order valence-corrected chi connectivity index (χ3v) is 3.90. The molecule has 1 aromatic rings. The van der Waals surface area contributed by atoms with E-state index in [0.29, 0.717) is 18.4 Å². The molecule has 0 saturated carbocycles. The smallest absolute Gasteiger partial charge is 0.129 e. The Morgan fingerprint density at radius 2 is 2.26 bits per heavy atom. The van der Waals surface area contributed by atoms with Crippen molar-refractivity contribution in [1.82, 2.24) is 14.9 Å². The average molecular weight is 262 g/mol. The summed E-state index contributed by atoms with van der Waals surface area (Å²) < 4.78 is 0. The fraction of sp³-hybridized carbons (Fsp3) is 0.733. The number of nitrogens with two attached hydrogens (primary N) is 1. The first kappa shape index (κ1) is 14.4. The summed E-state index contributed by atoms with van der Waals surface area (Å²) in [5.74, 6) is 1.97. The van der Waals surface area contributed by atoms with Crippen LogP contribution >= 0.6 is 0 Å². The highest BCUT2D eigenvalue weighted by Gasteiger charge is 2.21. The third-order valence-electron chi connectivity index (χ3n) is 3.90. The molecule has 106 valence electrons. The highest BCUT2D eigenvalue weighted by molar-refractivity contribution is 5.16. The van der Waals surface area contributed by atoms with Crippen molar-refractivity contribution in [2.24, 2.45) is 11.7 Å². The molecule has 0 amide bonds. The number of hydrogen-bond acceptors (Lipinski definition) is 4. The number of likely N-dealkylation sites (N-methyl/N-ethyl adjacent to an activating group) is 1. The Kier molecular flexibility index (Phi) is 4.88. The second-order valence-electron chi connectivity index (χ2n) is 6.00. The molecule has 1 aliphatic heterocycles. The Hall–Kier alpha value is -1.00. The molecule has 1 fully saturated rings. The standard InChI is InChI=1S/C15H26N4/c1-11(9-16)7-15-17-12(2)8-14(18-15)13-5-4-6-19(3)10-13/h8,11,13H,4-7,9-10,16H2,1-3H3. The van der Waals surface area contributed by atoms with Gasteiger partial charge in [0.2, 0.25) is 0 Å². The van der Waals surface area contributed by atoms with Gasteiger partial charge in [0.15, 0.2) is 0 Å². The minimum absolute atomic E-state index is 0.448. The molecule has 4 nitrogen and oxygen atoms in total. The fourth-order valence-electron chi connectivity index (χ4n) is 2.76. The average Bonchev–Trinajstić information content (AvgIpc) is 2.38. The van der Waals surface area contributed by atoms with E-state index in [9.17, 15) is 0 Å². The second-order valence-corrected chi connectivity index (χ2v) is 6.00. The molecule has 1 aliphatic rings. The second kappa shape index (κ2) is 6.44. The molecule has 0 aromatic carbocycles. The van der Waals surface area contributed by atoms with Crippen molar-refractivity contribution < 1.29 is 0 Å². The van der Waals surface area contributed by atoms with Gasteiger partial charge >= 0.3 is 0 Å². The number of rotatable bonds is 4. The topological polar surface area (TPSA) is 55.0 Å². The molecule has 2 unspecified atom stereocenters. The van der Waals surface area contributed by atoms with Crippen LogP contribution in [0.4, 0.5) is 0 Å². The van der Waals surface area contributed by atoms with E-state index in [2.05, 4.69) is 36.8 Å². The molecule has 0 aliphatic carbocycles. The number of nitrogens with zero attached hydrogens (tertiary/aromatic N) is 3. The van der Waals surface area contributed by atoms with E-state index in [1.54, 1.807) is 0 Å². The van der Waals surface area contributed by atoms with Gasteiger partial charge in [0.05, 0.1) is 0 Å². The minimum Gasteiger partial charge on any atom is -0.330 e. The Morgan fingerprint density at radius 1 is 1.47 bits per heavy atom. The Labute approximate surface area is 116 Å². The van der Waals surface area contributed by atoms with Gasteiger partial charge in [-0.05, 0) is 51.9 Å². The molecule has 1 saturated heterocycles. The molecular formula is C15H26N4. The predicted molar refractivity (Wildman–Crippen MR) is 78.2 cm³/mol.